The molecule has 5 heteroatoms. The zero-order valence-corrected chi connectivity index (χ0v) is 11.0. The number of nitrogens with zero attached hydrogens (tertiary/aromatic N) is 2. The maximum absolute atomic E-state index is 12.1. The van der Waals surface area contributed by atoms with Crippen molar-refractivity contribution in [1.29, 1.82) is 0 Å². The third-order valence-electron chi connectivity index (χ3n) is 2.65. The van der Waals surface area contributed by atoms with Gasteiger partial charge in [-0.1, -0.05) is 6.07 Å². The quantitative estimate of drug-likeness (QED) is 0.826. The van der Waals surface area contributed by atoms with Crippen LogP contribution < -0.4 is 0 Å². The number of hydrogen-bond acceptors (Lipinski definition) is 4. The van der Waals surface area contributed by atoms with E-state index in [4.69, 9.17) is 9.15 Å². The van der Waals surface area contributed by atoms with Gasteiger partial charge >= 0.3 is 0 Å². The predicted octanol–water partition coefficient (Wildman–Crippen LogP) is 2.09. The van der Waals surface area contributed by atoms with Gasteiger partial charge in [0.05, 0.1) is 0 Å². The second kappa shape index (κ2) is 6.15. The van der Waals surface area contributed by atoms with Gasteiger partial charge in [-0.15, -0.1) is 0 Å². The molecule has 0 fully saturated rings. The van der Waals surface area contributed by atoms with Crippen LogP contribution in [0.25, 0.3) is 0 Å². The van der Waals surface area contributed by atoms with Crippen molar-refractivity contribution >= 4 is 5.91 Å². The summed E-state index contributed by atoms with van der Waals surface area (Å²) in [5.74, 6) is 0.797. The molecule has 0 bridgehead atoms. The number of furan rings is 1. The molecule has 0 saturated carbocycles. The van der Waals surface area contributed by atoms with E-state index in [1.54, 1.807) is 43.6 Å². The van der Waals surface area contributed by atoms with Crippen LogP contribution in [-0.2, 0) is 17.9 Å². The molecule has 0 aliphatic rings. The van der Waals surface area contributed by atoms with E-state index in [1.807, 2.05) is 12.1 Å². The summed E-state index contributed by atoms with van der Waals surface area (Å²) >= 11 is 0. The second-order valence-corrected chi connectivity index (χ2v) is 4.22. The summed E-state index contributed by atoms with van der Waals surface area (Å²) in [5, 5.41) is 0. The fourth-order valence-electron chi connectivity index (χ4n) is 1.74. The number of methoxy groups -OCH3 is 1. The first-order valence-corrected chi connectivity index (χ1v) is 5.92. The van der Waals surface area contributed by atoms with E-state index in [-0.39, 0.29) is 5.91 Å². The number of carbonyl (C=O) groups excluding carboxylic acids is 1. The minimum atomic E-state index is -0.161. The van der Waals surface area contributed by atoms with Crippen molar-refractivity contribution in [1.82, 2.24) is 9.88 Å². The lowest BCUT2D eigenvalue weighted by Crippen LogP contribution is -2.25. The highest BCUT2D eigenvalue weighted by molar-refractivity contribution is 5.91. The van der Waals surface area contributed by atoms with Crippen molar-refractivity contribution in [2.45, 2.75) is 13.2 Å². The Morgan fingerprint density at radius 2 is 2.26 bits per heavy atom. The normalized spacial score (nSPS) is 10.4. The van der Waals surface area contributed by atoms with Gasteiger partial charge in [-0.3, -0.25) is 9.78 Å². The summed E-state index contributed by atoms with van der Waals surface area (Å²) < 4.78 is 10.4. The Morgan fingerprint density at radius 1 is 1.42 bits per heavy atom. The molecule has 5 nitrogen and oxygen atoms in total. The van der Waals surface area contributed by atoms with Crippen molar-refractivity contribution in [2.75, 3.05) is 14.2 Å². The summed E-state index contributed by atoms with van der Waals surface area (Å²) in [6.07, 6.45) is 3.44. The summed E-state index contributed by atoms with van der Waals surface area (Å²) in [4.78, 5) is 17.7. The van der Waals surface area contributed by atoms with E-state index < -0.39 is 0 Å². The zero-order valence-electron chi connectivity index (χ0n) is 11.0. The number of rotatable bonds is 5. The number of hydrogen-bond donors (Lipinski definition) is 0. The maximum atomic E-state index is 12.1. The van der Waals surface area contributed by atoms with Gasteiger partial charge in [0.25, 0.3) is 5.91 Å². The molecule has 2 aromatic rings. The molecule has 0 aromatic carbocycles. The molecule has 0 aliphatic carbocycles. The van der Waals surface area contributed by atoms with Crippen LogP contribution in [-0.4, -0.2) is 29.9 Å². The van der Waals surface area contributed by atoms with Gasteiger partial charge in [0.2, 0.25) is 0 Å². The van der Waals surface area contributed by atoms with E-state index in [9.17, 15) is 4.79 Å². The molecule has 1 amide bonds. The van der Waals surface area contributed by atoms with Gasteiger partial charge in [0, 0.05) is 33.1 Å². The molecular weight excluding hydrogens is 244 g/mol. The van der Waals surface area contributed by atoms with E-state index in [0.717, 1.165) is 5.56 Å². The summed E-state index contributed by atoms with van der Waals surface area (Å²) in [7, 11) is 3.31. The fourth-order valence-corrected chi connectivity index (χ4v) is 1.74. The van der Waals surface area contributed by atoms with Crippen LogP contribution in [0.15, 0.2) is 41.1 Å². The van der Waals surface area contributed by atoms with Crippen molar-refractivity contribution in [3.63, 3.8) is 0 Å². The van der Waals surface area contributed by atoms with Gasteiger partial charge in [-0.2, -0.15) is 0 Å². The Morgan fingerprint density at radius 3 is 2.95 bits per heavy atom. The number of amides is 1. The second-order valence-electron chi connectivity index (χ2n) is 4.22. The minimum Gasteiger partial charge on any atom is -0.453 e. The van der Waals surface area contributed by atoms with Crippen molar-refractivity contribution in [2.24, 2.45) is 0 Å². The number of pyridine rings is 1. The Hall–Kier alpha value is -2.14. The minimum absolute atomic E-state index is 0.161. The van der Waals surface area contributed by atoms with Crippen LogP contribution in [0, 0.1) is 0 Å². The lowest BCUT2D eigenvalue weighted by molar-refractivity contribution is 0.0745. The molecule has 2 heterocycles. The van der Waals surface area contributed by atoms with Crippen molar-refractivity contribution in [3.05, 3.63) is 53.7 Å². The predicted molar refractivity (Wildman–Crippen MR) is 69.5 cm³/mol. The lowest BCUT2D eigenvalue weighted by Gasteiger charge is -2.15. The lowest BCUT2D eigenvalue weighted by atomic mass is 10.2. The maximum Gasteiger partial charge on any atom is 0.289 e. The monoisotopic (exact) mass is 260 g/mol. The van der Waals surface area contributed by atoms with Crippen LogP contribution in [0.5, 0.6) is 0 Å². The standard InChI is InChI=1S/C14H16N2O3/c1-16(9-11-4-3-7-15-8-11)14(17)13-6-5-12(19-13)10-18-2/h3-8H,9-10H2,1-2H3. The fraction of sp³-hybridized carbons (Fsp3) is 0.286. The van der Waals surface area contributed by atoms with Crippen LogP contribution in [0.4, 0.5) is 0 Å². The Balaban J connectivity index is 2.02. The van der Waals surface area contributed by atoms with Crippen LogP contribution in [0.3, 0.4) is 0 Å². The largest absolute Gasteiger partial charge is 0.453 e. The molecule has 100 valence electrons. The highest BCUT2D eigenvalue weighted by Gasteiger charge is 2.16. The average Bonchev–Trinajstić information content (AvgIpc) is 2.88. The molecule has 0 spiro atoms. The van der Waals surface area contributed by atoms with E-state index in [1.165, 1.54) is 0 Å². The summed E-state index contributed by atoms with van der Waals surface area (Å²) in [6.45, 7) is 0.854. The van der Waals surface area contributed by atoms with Crippen LogP contribution >= 0.6 is 0 Å². The molecule has 0 aliphatic heterocycles. The number of aromatic nitrogens is 1. The zero-order chi connectivity index (χ0) is 13.7. The smallest absolute Gasteiger partial charge is 0.289 e. The molecule has 2 aromatic heterocycles. The van der Waals surface area contributed by atoms with E-state index in [2.05, 4.69) is 4.98 Å². The SMILES string of the molecule is COCc1ccc(C(=O)N(C)Cc2cccnc2)o1. The first-order chi connectivity index (χ1) is 9.20. The third kappa shape index (κ3) is 3.42. The molecule has 19 heavy (non-hydrogen) atoms. The topological polar surface area (TPSA) is 55.6 Å². The van der Waals surface area contributed by atoms with Crippen molar-refractivity contribution < 1.29 is 13.9 Å². The van der Waals surface area contributed by atoms with Crippen molar-refractivity contribution in [3.8, 4) is 0 Å². The molecule has 0 atom stereocenters. The Bertz CT molecular complexity index is 537. The molecule has 0 N–H and O–H groups in total. The highest BCUT2D eigenvalue weighted by Crippen LogP contribution is 2.12. The molecule has 0 saturated heterocycles. The Labute approximate surface area is 111 Å². The number of carbonyl (C=O) groups is 1. The highest BCUT2D eigenvalue weighted by atomic mass is 16.5. The summed E-state index contributed by atoms with van der Waals surface area (Å²) in [5.41, 5.74) is 0.974. The first kappa shape index (κ1) is 13.3. The van der Waals surface area contributed by atoms with Gasteiger partial charge in [0.15, 0.2) is 5.76 Å². The molecular formula is C14H16N2O3. The summed E-state index contributed by atoms with van der Waals surface area (Å²) in [6, 6.07) is 7.18. The van der Waals surface area contributed by atoms with Crippen LogP contribution in [0.2, 0.25) is 0 Å². The first-order valence-electron chi connectivity index (χ1n) is 5.92. The van der Waals surface area contributed by atoms with Gasteiger partial charge in [0.1, 0.15) is 12.4 Å². The van der Waals surface area contributed by atoms with Gasteiger partial charge in [-0.05, 0) is 23.8 Å². The molecule has 0 radical (unpaired) electrons. The average molecular weight is 260 g/mol. The van der Waals surface area contributed by atoms with Gasteiger partial charge in [-0.25, -0.2) is 0 Å². The molecule has 0 unspecified atom stereocenters. The molecule has 2 rings (SSSR count). The van der Waals surface area contributed by atoms with E-state index in [0.29, 0.717) is 24.7 Å². The van der Waals surface area contributed by atoms with E-state index >= 15 is 0 Å². The Kier molecular flexibility index (Phi) is 4.30. The third-order valence-corrected chi connectivity index (χ3v) is 2.65. The number of ether oxygens (including phenoxy) is 1. The van der Waals surface area contributed by atoms with Crippen LogP contribution in [0.1, 0.15) is 21.9 Å². The van der Waals surface area contributed by atoms with Gasteiger partial charge < -0.3 is 14.1 Å².